The van der Waals surface area contributed by atoms with Crippen LogP contribution in [0.4, 0.5) is 20.5 Å². The Morgan fingerprint density at radius 2 is 1.58 bits per heavy atom. The van der Waals surface area contributed by atoms with Gasteiger partial charge in [-0.1, -0.05) is 101 Å². The van der Waals surface area contributed by atoms with Crippen LogP contribution in [0.3, 0.4) is 0 Å². The van der Waals surface area contributed by atoms with Crippen molar-refractivity contribution in [3.63, 3.8) is 0 Å². The quantitative estimate of drug-likeness (QED) is 0.0109. The van der Waals surface area contributed by atoms with Crippen molar-refractivity contribution in [1.29, 1.82) is 0 Å². The number of carbonyl (C=O) groups is 10. The fourth-order valence-corrected chi connectivity index (χ4v) is 17.4. The van der Waals surface area contributed by atoms with E-state index in [1.54, 1.807) is 42.6 Å². The topological polar surface area (TPSA) is 391 Å². The molecule has 0 spiro atoms. The number of carbonyl (C=O) groups excluding carboxylic acids is 9. The van der Waals surface area contributed by atoms with Crippen LogP contribution in [0.5, 0.6) is 0 Å². The van der Waals surface area contributed by atoms with Gasteiger partial charge in [0.15, 0.2) is 16.6 Å². The SMILES string of the molecule is Cc1c(-c2ccc(N3CCc4cccc(C(=O)Nc5nc6ccccc6s5)c4C3)nc2C(=O)O)cnn1CC1(C)CC2(C)CC(C)CC(OCCN(CCS(=O)(=O)O)C(=O)OCc3ccc(CC(=O)[C@H](CCCNC(N)=O)NC(=O)C(CC(=O)CCCCCNC(=O)CN4C(=O)C=CC4=O)C(C)C)cc3)(C2)C1. The van der Waals surface area contributed by atoms with Crippen LogP contribution in [-0.2, 0) is 80.9 Å². The molecule has 3 aromatic carbocycles. The molecule has 2 saturated carbocycles. The third-order valence-corrected chi connectivity index (χ3v) is 22.3. The number of amides is 8. The number of carboxylic acid groups (broad SMARTS) is 1. The number of aromatic nitrogens is 4. The number of pyridine rings is 1. The van der Waals surface area contributed by atoms with E-state index >= 15 is 0 Å². The smallest absolute Gasteiger partial charge is 0.410 e. The number of ether oxygens (including phenoxy) is 2. The number of rotatable bonds is 36. The number of urea groups is 1. The van der Waals surface area contributed by atoms with E-state index < -0.39 is 81.7 Å². The zero-order chi connectivity index (χ0) is 77.0. The number of aromatic carboxylic acids is 1. The minimum atomic E-state index is -4.52. The van der Waals surface area contributed by atoms with Crippen molar-refractivity contribution in [1.82, 2.24) is 45.5 Å². The Balaban J connectivity index is 0.729. The molecule has 2 aliphatic carbocycles. The van der Waals surface area contributed by atoms with Gasteiger partial charge in [0.05, 0.1) is 40.4 Å². The van der Waals surface area contributed by atoms with Gasteiger partial charge in [-0.3, -0.25) is 53.0 Å². The van der Waals surface area contributed by atoms with E-state index in [0.29, 0.717) is 90.5 Å². The highest BCUT2D eigenvalue weighted by atomic mass is 32.2. The number of carboxylic acids is 1. The molecular formula is C77H96N12O16S2. The van der Waals surface area contributed by atoms with E-state index in [0.717, 1.165) is 69.8 Å². The molecule has 6 atom stereocenters. The third-order valence-electron chi connectivity index (χ3n) is 20.6. The Kier molecular flexibility index (Phi) is 26.0. The Hall–Kier alpha value is -9.78. The van der Waals surface area contributed by atoms with Crippen molar-refractivity contribution in [2.24, 2.45) is 34.3 Å². The molecule has 8 N–H and O–H groups in total. The largest absolute Gasteiger partial charge is 0.476 e. The number of benzene rings is 3. The first kappa shape index (κ1) is 79.8. The normalized spacial score (nSPS) is 19.6. The van der Waals surface area contributed by atoms with E-state index in [1.807, 2.05) is 72.8 Å². The van der Waals surface area contributed by atoms with Crippen LogP contribution in [0.15, 0.2) is 97.2 Å². The predicted molar refractivity (Wildman–Crippen MR) is 400 cm³/mol. The molecule has 28 nitrogen and oxygen atoms in total. The molecule has 2 bridgehead atoms. The zero-order valence-electron chi connectivity index (χ0n) is 61.4. The summed E-state index contributed by atoms with van der Waals surface area (Å²) in [7, 11) is -4.52. The molecule has 2 aliphatic heterocycles. The third kappa shape index (κ3) is 21.3. The van der Waals surface area contributed by atoms with E-state index in [4.69, 9.17) is 25.3 Å². The van der Waals surface area contributed by atoms with Gasteiger partial charge in [-0.05, 0) is 146 Å². The lowest BCUT2D eigenvalue weighted by atomic mass is 9.51. The van der Waals surface area contributed by atoms with Gasteiger partial charge in [0, 0.05) is 106 Å². The Bertz CT molecular complexity index is 4430. The van der Waals surface area contributed by atoms with Gasteiger partial charge in [0.25, 0.3) is 27.8 Å². The van der Waals surface area contributed by atoms with Crippen molar-refractivity contribution in [2.75, 3.05) is 61.8 Å². The number of anilines is 2. The summed E-state index contributed by atoms with van der Waals surface area (Å²) in [6.07, 6.45) is 9.56. The second kappa shape index (κ2) is 34.8. The van der Waals surface area contributed by atoms with E-state index in [1.165, 1.54) is 16.2 Å². The minimum Gasteiger partial charge on any atom is -0.476 e. The second-order valence-electron chi connectivity index (χ2n) is 30.1. The average Bonchev–Trinajstić information content (AvgIpc) is 1.73. The first-order chi connectivity index (χ1) is 50.8. The highest BCUT2D eigenvalue weighted by Gasteiger charge is 2.56. The van der Waals surface area contributed by atoms with Crippen molar-refractivity contribution in [3.8, 4) is 11.1 Å². The zero-order valence-corrected chi connectivity index (χ0v) is 63.0. The summed E-state index contributed by atoms with van der Waals surface area (Å²) >= 11 is 1.40. The number of primary amides is 1. The molecule has 8 amide bonds. The fraction of sp³-hybridized carbons (Fsp3) is 0.494. The highest BCUT2D eigenvalue weighted by Crippen LogP contribution is 2.60. The van der Waals surface area contributed by atoms with Crippen molar-refractivity contribution in [2.45, 2.75) is 163 Å². The Labute approximate surface area is 626 Å². The van der Waals surface area contributed by atoms with Gasteiger partial charge in [-0.15, -0.1) is 0 Å². The summed E-state index contributed by atoms with van der Waals surface area (Å²) in [5, 5.41) is 27.1. The maximum Gasteiger partial charge on any atom is 0.410 e. The molecule has 6 aromatic rings. The first-order valence-corrected chi connectivity index (χ1v) is 38.8. The first-order valence-electron chi connectivity index (χ1n) is 36.4. The maximum atomic E-state index is 14.0. The lowest BCUT2D eigenvalue weighted by Gasteiger charge is -2.58. The van der Waals surface area contributed by atoms with Gasteiger partial charge in [-0.25, -0.2) is 24.4 Å². The van der Waals surface area contributed by atoms with Crippen LogP contribution in [0, 0.1) is 35.5 Å². The van der Waals surface area contributed by atoms with Gasteiger partial charge < -0.3 is 46.1 Å². The Morgan fingerprint density at radius 3 is 2.30 bits per heavy atom. The number of Topliss-reactive ketones (excluding diaryl/α,β-unsaturated/α-hetero) is 2. The lowest BCUT2D eigenvalue weighted by Crippen LogP contribution is -2.55. The Morgan fingerprint density at radius 1 is 0.841 bits per heavy atom. The lowest BCUT2D eigenvalue weighted by molar-refractivity contribution is -0.179. The van der Waals surface area contributed by atoms with Crippen molar-refractivity contribution in [3.05, 3.63) is 136 Å². The molecule has 30 heteroatoms. The molecule has 4 aliphatic rings. The van der Waals surface area contributed by atoms with Crippen LogP contribution >= 0.6 is 11.3 Å². The number of imide groups is 1. The number of thiazole rings is 1. The molecule has 0 radical (unpaired) electrons. The minimum absolute atomic E-state index is 0.0151. The number of hydrogen-bond donors (Lipinski definition) is 7. The maximum absolute atomic E-state index is 14.0. The molecule has 572 valence electrons. The molecule has 3 aromatic heterocycles. The fourth-order valence-electron chi connectivity index (χ4n) is 16.1. The summed E-state index contributed by atoms with van der Waals surface area (Å²) in [6.45, 7) is 12.9. The van der Waals surface area contributed by atoms with Crippen LogP contribution in [-0.4, -0.2) is 170 Å². The highest BCUT2D eigenvalue weighted by molar-refractivity contribution is 7.85. The number of nitrogens with two attached hydrogens (primary N) is 1. The summed E-state index contributed by atoms with van der Waals surface area (Å²) in [6, 6.07) is 21.9. The summed E-state index contributed by atoms with van der Waals surface area (Å²) < 4.78 is 49.7. The van der Waals surface area contributed by atoms with Gasteiger partial charge >= 0.3 is 18.1 Å². The molecule has 5 heterocycles. The number of hydrogen-bond acceptors (Lipinski definition) is 19. The monoisotopic (exact) mass is 1510 g/mol. The number of unbranched alkanes of at least 4 members (excludes halogenated alkanes) is 2. The van der Waals surface area contributed by atoms with Crippen LogP contribution in [0.25, 0.3) is 21.3 Å². The number of nitrogens with zero attached hydrogens (tertiary/aromatic N) is 7. The molecule has 0 saturated heterocycles. The molecule has 10 rings (SSSR count). The molecule has 107 heavy (non-hydrogen) atoms. The second-order valence-corrected chi connectivity index (χ2v) is 32.7. The number of nitrogens with one attached hydrogen (secondary N) is 4. The van der Waals surface area contributed by atoms with Gasteiger partial charge in [0.1, 0.15) is 24.8 Å². The standard InChI is InChI=1S/C77H96N12O16S2/c1-48(2)57(37-54(90)15-8-7-11-29-79-65(92)42-88-66(93)26-27-67(88)94)70(96)82-60(18-13-30-80-72(78)99)62(91)36-51-20-22-52(23-21-51)43-104-74(100)86(33-35-107(101,102)103)32-34-105-77-39-49(3)38-75(5,45-77)44-76(6,46-77)47-89-50(4)58(40-81-89)55-24-25-64(84-68(55)71(97)98)87-31-28-53-14-12-16-56(59(53)41-87)69(95)85-73-83-61-17-9-10-19-63(61)106-73/h9-10,12,14,16-17,19-27,40,48-49,57,60H,7-8,11,13,15,18,28-39,41-47H2,1-6H3,(H,79,92)(H,82,96)(H,97,98)(H3,78,80,99)(H,83,85,95)(H,101,102,103)/t49?,57?,60-,75?,76?,77?/m0/s1. The van der Waals surface area contributed by atoms with Crippen molar-refractivity contribution < 1.29 is 75.5 Å². The molecular weight excluding hydrogens is 1410 g/mol. The van der Waals surface area contributed by atoms with Crippen LogP contribution < -0.4 is 31.9 Å². The van der Waals surface area contributed by atoms with E-state index in [2.05, 4.69) is 47.0 Å². The summed E-state index contributed by atoms with van der Waals surface area (Å²) in [5.41, 5.74) is 9.99. The number of fused-ring (bicyclic) bond motifs is 4. The van der Waals surface area contributed by atoms with E-state index in [9.17, 15) is 66.0 Å². The number of para-hydroxylation sites is 1. The predicted octanol–water partition coefficient (Wildman–Crippen LogP) is 9.16. The average molecular weight is 1510 g/mol. The molecule has 5 unspecified atom stereocenters. The van der Waals surface area contributed by atoms with Crippen LogP contribution in [0.1, 0.15) is 160 Å². The van der Waals surface area contributed by atoms with Gasteiger partial charge in [0.2, 0.25) is 11.8 Å². The van der Waals surface area contributed by atoms with Crippen LogP contribution in [0.2, 0.25) is 0 Å². The van der Waals surface area contributed by atoms with Crippen molar-refractivity contribution >= 4 is 102 Å². The summed E-state index contributed by atoms with van der Waals surface area (Å²) in [5.74, 6) is -5.08. The van der Waals surface area contributed by atoms with E-state index in [-0.39, 0.29) is 117 Å². The number of ketones is 2. The summed E-state index contributed by atoms with van der Waals surface area (Å²) in [4.78, 5) is 143. The van der Waals surface area contributed by atoms with Gasteiger partial charge in [-0.2, -0.15) is 13.5 Å². The molecule has 2 fully saturated rings.